The molecule has 2 fully saturated rings. The summed E-state index contributed by atoms with van der Waals surface area (Å²) < 4.78 is 0. The first kappa shape index (κ1) is 15.8. The Balaban J connectivity index is 1.72. The maximum absolute atomic E-state index is 12.2. The molecule has 2 aliphatic carbocycles. The number of hydrogen-bond donors (Lipinski definition) is 1. The highest BCUT2D eigenvalue weighted by atomic mass is 16.1. The number of nitrogens with one attached hydrogen (secondary N) is 1. The normalized spacial score (nSPS) is 27.9. The number of amides is 1. The Morgan fingerprint density at radius 1 is 1.05 bits per heavy atom. The molecule has 0 aromatic carbocycles. The predicted molar refractivity (Wildman–Crippen MR) is 83.6 cm³/mol. The van der Waals surface area contributed by atoms with Crippen molar-refractivity contribution in [1.29, 1.82) is 0 Å². The van der Waals surface area contributed by atoms with E-state index in [2.05, 4.69) is 24.3 Å². The molecule has 3 heteroatoms. The van der Waals surface area contributed by atoms with Crippen LogP contribution in [0.2, 0.25) is 0 Å². The van der Waals surface area contributed by atoms with Crippen LogP contribution in [0.15, 0.2) is 0 Å². The zero-order valence-corrected chi connectivity index (χ0v) is 13.4. The van der Waals surface area contributed by atoms with Crippen molar-refractivity contribution >= 4 is 5.91 Å². The summed E-state index contributed by atoms with van der Waals surface area (Å²) in [7, 11) is 4.27. The monoisotopic (exact) mass is 280 g/mol. The third kappa shape index (κ3) is 5.08. The zero-order chi connectivity index (χ0) is 14.4. The molecule has 2 saturated carbocycles. The van der Waals surface area contributed by atoms with Crippen molar-refractivity contribution in [2.24, 2.45) is 11.8 Å². The van der Waals surface area contributed by atoms with Gasteiger partial charge in [0.15, 0.2) is 0 Å². The molecule has 1 amide bonds. The Kier molecular flexibility index (Phi) is 6.34. The number of nitrogens with zero attached hydrogens (tertiary/aromatic N) is 1. The first-order chi connectivity index (χ1) is 9.65. The first-order valence-electron chi connectivity index (χ1n) is 8.59. The molecule has 116 valence electrons. The van der Waals surface area contributed by atoms with Crippen LogP contribution in [0.1, 0.15) is 64.2 Å². The Morgan fingerprint density at radius 2 is 1.70 bits per heavy atom. The fourth-order valence-electron chi connectivity index (χ4n) is 4.00. The van der Waals surface area contributed by atoms with Gasteiger partial charge >= 0.3 is 0 Å². The summed E-state index contributed by atoms with van der Waals surface area (Å²) in [6, 6.07) is 0.419. The molecular formula is C17H32N2O. The number of carbonyl (C=O) groups is 1. The highest BCUT2D eigenvalue weighted by Gasteiger charge is 2.27. The van der Waals surface area contributed by atoms with Crippen molar-refractivity contribution in [3.05, 3.63) is 0 Å². The van der Waals surface area contributed by atoms with Gasteiger partial charge < -0.3 is 10.2 Å². The zero-order valence-electron chi connectivity index (χ0n) is 13.4. The van der Waals surface area contributed by atoms with Gasteiger partial charge in [0.2, 0.25) is 5.91 Å². The molecule has 0 radical (unpaired) electrons. The molecule has 0 aromatic rings. The minimum atomic E-state index is 0.299. The lowest BCUT2D eigenvalue weighted by molar-refractivity contribution is -0.122. The van der Waals surface area contributed by atoms with Gasteiger partial charge in [-0.3, -0.25) is 4.79 Å². The largest absolute Gasteiger partial charge is 0.353 e. The molecule has 2 aliphatic rings. The Bertz CT molecular complexity index is 297. The smallest absolute Gasteiger partial charge is 0.220 e. The molecule has 0 aliphatic heterocycles. The maximum atomic E-state index is 12.2. The summed E-state index contributed by atoms with van der Waals surface area (Å²) in [4.78, 5) is 14.4. The molecule has 0 saturated heterocycles. The van der Waals surface area contributed by atoms with E-state index in [0.29, 0.717) is 17.9 Å². The topological polar surface area (TPSA) is 32.3 Å². The van der Waals surface area contributed by atoms with E-state index in [1.54, 1.807) is 0 Å². The van der Waals surface area contributed by atoms with E-state index in [1.165, 1.54) is 51.4 Å². The van der Waals surface area contributed by atoms with E-state index in [1.807, 2.05) is 0 Å². The summed E-state index contributed by atoms with van der Waals surface area (Å²) >= 11 is 0. The Labute approximate surface area is 124 Å². The highest BCUT2D eigenvalue weighted by molar-refractivity contribution is 5.76. The fraction of sp³-hybridized carbons (Fsp3) is 0.941. The van der Waals surface area contributed by atoms with E-state index in [0.717, 1.165) is 25.3 Å². The molecule has 3 nitrogen and oxygen atoms in total. The molecule has 2 atom stereocenters. The third-order valence-corrected chi connectivity index (χ3v) is 5.11. The average molecular weight is 280 g/mol. The highest BCUT2D eigenvalue weighted by Crippen LogP contribution is 2.29. The van der Waals surface area contributed by atoms with Crippen molar-refractivity contribution < 1.29 is 4.79 Å². The van der Waals surface area contributed by atoms with Crippen LogP contribution in [-0.4, -0.2) is 37.5 Å². The molecule has 0 heterocycles. The standard InChI is InChI=1S/C17H32N2O/c1-19(2)13-15-9-5-6-10-16(15)18-17(20)12-11-14-7-3-4-8-14/h14-16H,3-13H2,1-2H3,(H,18,20). The summed E-state index contributed by atoms with van der Waals surface area (Å²) in [5, 5.41) is 3.33. The molecule has 20 heavy (non-hydrogen) atoms. The van der Waals surface area contributed by atoms with Gasteiger partial charge in [0.25, 0.3) is 0 Å². The van der Waals surface area contributed by atoms with E-state index in [9.17, 15) is 4.79 Å². The molecule has 2 unspecified atom stereocenters. The summed E-state index contributed by atoms with van der Waals surface area (Å²) in [6.07, 6.45) is 12.3. The molecule has 0 bridgehead atoms. The number of hydrogen-bond acceptors (Lipinski definition) is 2. The molecule has 2 rings (SSSR count). The summed E-state index contributed by atoms with van der Waals surface area (Å²) in [5.74, 6) is 1.77. The predicted octanol–water partition coefficient (Wildman–Crippen LogP) is 3.19. The van der Waals surface area contributed by atoms with Gasteiger partial charge in [-0.15, -0.1) is 0 Å². The van der Waals surface area contributed by atoms with Gasteiger partial charge in [-0.25, -0.2) is 0 Å². The average Bonchev–Trinajstić information content (AvgIpc) is 2.91. The van der Waals surface area contributed by atoms with Crippen LogP contribution < -0.4 is 5.32 Å². The van der Waals surface area contributed by atoms with Gasteiger partial charge in [0, 0.05) is 19.0 Å². The second-order valence-electron chi connectivity index (χ2n) is 7.17. The van der Waals surface area contributed by atoms with E-state index in [4.69, 9.17) is 0 Å². The maximum Gasteiger partial charge on any atom is 0.220 e. The van der Waals surface area contributed by atoms with Gasteiger partial charge in [-0.05, 0) is 45.2 Å². The van der Waals surface area contributed by atoms with Crippen LogP contribution in [0.3, 0.4) is 0 Å². The van der Waals surface area contributed by atoms with E-state index in [-0.39, 0.29) is 0 Å². The van der Waals surface area contributed by atoms with E-state index >= 15 is 0 Å². The van der Waals surface area contributed by atoms with Crippen molar-refractivity contribution in [2.45, 2.75) is 70.3 Å². The van der Waals surface area contributed by atoms with Crippen LogP contribution in [0.4, 0.5) is 0 Å². The number of rotatable bonds is 6. The van der Waals surface area contributed by atoms with Crippen LogP contribution in [0.25, 0.3) is 0 Å². The van der Waals surface area contributed by atoms with Crippen LogP contribution >= 0.6 is 0 Å². The lowest BCUT2D eigenvalue weighted by Crippen LogP contribution is -2.45. The van der Waals surface area contributed by atoms with Crippen molar-refractivity contribution in [3.8, 4) is 0 Å². The molecule has 0 aromatic heterocycles. The fourth-order valence-corrected chi connectivity index (χ4v) is 4.00. The number of carbonyl (C=O) groups excluding carboxylic acids is 1. The van der Waals surface area contributed by atoms with Gasteiger partial charge in [-0.1, -0.05) is 38.5 Å². The lowest BCUT2D eigenvalue weighted by atomic mass is 9.84. The van der Waals surface area contributed by atoms with Crippen molar-refractivity contribution in [1.82, 2.24) is 10.2 Å². The minimum absolute atomic E-state index is 0.299. The minimum Gasteiger partial charge on any atom is -0.353 e. The van der Waals surface area contributed by atoms with Crippen LogP contribution in [-0.2, 0) is 4.79 Å². The second-order valence-corrected chi connectivity index (χ2v) is 7.17. The van der Waals surface area contributed by atoms with Gasteiger partial charge in [0.1, 0.15) is 0 Å². The quantitative estimate of drug-likeness (QED) is 0.810. The van der Waals surface area contributed by atoms with Crippen LogP contribution in [0, 0.1) is 11.8 Å². The van der Waals surface area contributed by atoms with Gasteiger partial charge in [0.05, 0.1) is 0 Å². The summed E-state index contributed by atoms with van der Waals surface area (Å²) in [5.41, 5.74) is 0. The van der Waals surface area contributed by atoms with Crippen molar-refractivity contribution in [3.63, 3.8) is 0 Å². The Hall–Kier alpha value is -0.570. The molecule has 0 spiro atoms. The first-order valence-corrected chi connectivity index (χ1v) is 8.59. The molecule has 1 N–H and O–H groups in total. The van der Waals surface area contributed by atoms with Gasteiger partial charge in [-0.2, -0.15) is 0 Å². The van der Waals surface area contributed by atoms with E-state index < -0.39 is 0 Å². The SMILES string of the molecule is CN(C)CC1CCCCC1NC(=O)CCC1CCCC1. The Morgan fingerprint density at radius 3 is 2.40 bits per heavy atom. The summed E-state index contributed by atoms with van der Waals surface area (Å²) in [6.45, 7) is 1.10. The van der Waals surface area contributed by atoms with Crippen LogP contribution in [0.5, 0.6) is 0 Å². The second kappa shape index (κ2) is 8.02. The third-order valence-electron chi connectivity index (χ3n) is 5.11. The van der Waals surface area contributed by atoms with Crippen molar-refractivity contribution in [2.75, 3.05) is 20.6 Å². The molecular weight excluding hydrogens is 248 g/mol. The lowest BCUT2D eigenvalue weighted by Gasteiger charge is -2.34.